The van der Waals surface area contributed by atoms with Gasteiger partial charge in [-0.05, 0) is 49.9 Å². The van der Waals surface area contributed by atoms with E-state index in [2.05, 4.69) is 31.3 Å². The third-order valence-electron chi connectivity index (χ3n) is 4.06. The first-order valence-corrected chi connectivity index (χ1v) is 6.82. The van der Waals surface area contributed by atoms with E-state index in [9.17, 15) is 4.79 Å². The third kappa shape index (κ3) is 3.55. The van der Waals surface area contributed by atoms with Crippen LogP contribution in [0.25, 0.3) is 0 Å². The summed E-state index contributed by atoms with van der Waals surface area (Å²) < 4.78 is 0. The van der Waals surface area contributed by atoms with E-state index in [-0.39, 0.29) is 11.8 Å². The van der Waals surface area contributed by atoms with Crippen molar-refractivity contribution in [3.63, 3.8) is 0 Å². The molecule has 1 amide bonds. The average molecular weight is 236 g/mol. The van der Waals surface area contributed by atoms with Crippen molar-refractivity contribution < 1.29 is 4.79 Å². The Hall–Kier alpha value is -0.860. The van der Waals surface area contributed by atoms with Crippen LogP contribution in [0.1, 0.15) is 59.3 Å². The average Bonchev–Trinajstić information content (AvgIpc) is 3.09. The highest BCUT2D eigenvalue weighted by molar-refractivity contribution is 5.87. The first-order chi connectivity index (χ1) is 7.97. The molecule has 0 atom stereocenters. The van der Waals surface area contributed by atoms with Gasteiger partial charge >= 0.3 is 0 Å². The van der Waals surface area contributed by atoms with Gasteiger partial charge in [0.15, 0.2) is 0 Å². The summed E-state index contributed by atoms with van der Waals surface area (Å²) in [6.07, 6.45) is 6.61. The fourth-order valence-corrected chi connectivity index (χ4v) is 2.50. The number of hydrogen-bond acceptors (Lipinski definition) is 2. The number of nitrogens with one attached hydrogen (secondary N) is 1. The number of carbonyl (C=O) groups excluding carboxylic acids is 1. The summed E-state index contributed by atoms with van der Waals surface area (Å²) >= 11 is 0. The van der Waals surface area contributed by atoms with Crippen LogP contribution in [-0.4, -0.2) is 11.6 Å². The normalized spacial score (nSPS) is 25.6. The van der Waals surface area contributed by atoms with Gasteiger partial charge in [-0.1, -0.05) is 20.8 Å². The van der Waals surface area contributed by atoms with E-state index < -0.39 is 0 Å². The van der Waals surface area contributed by atoms with Gasteiger partial charge in [-0.2, -0.15) is 5.10 Å². The molecule has 1 N–H and O–H groups in total. The third-order valence-corrected chi connectivity index (χ3v) is 4.06. The monoisotopic (exact) mass is 236 g/mol. The number of rotatable bonds is 2. The van der Waals surface area contributed by atoms with Gasteiger partial charge in [-0.25, -0.2) is 5.43 Å². The lowest BCUT2D eigenvalue weighted by Crippen LogP contribution is -2.28. The second kappa shape index (κ2) is 4.79. The van der Waals surface area contributed by atoms with E-state index in [4.69, 9.17) is 0 Å². The molecule has 0 aliphatic heterocycles. The number of hydrogen-bond donors (Lipinski definition) is 1. The molecule has 0 saturated heterocycles. The fourth-order valence-electron chi connectivity index (χ4n) is 2.50. The molecule has 96 valence electrons. The van der Waals surface area contributed by atoms with Gasteiger partial charge in [0, 0.05) is 11.6 Å². The minimum atomic E-state index is 0.121. The first kappa shape index (κ1) is 12.6. The number of nitrogens with zero attached hydrogens (tertiary/aromatic N) is 1. The smallest absolute Gasteiger partial charge is 0.243 e. The molecule has 0 bridgehead atoms. The SMILES string of the molecule is CC(C)(C)C1CCC(=NNC(=O)C2CC2)CC1. The topological polar surface area (TPSA) is 41.5 Å². The van der Waals surface area contributed by atoms with Crippen LogP contribution in [0, 0.1) is 17.3 Å². The zero-order chi connectivity index (χ0) is 12.5. The van der Waals surface area contributed by atoms with E-state index in [1.54, 1.807) is 0 Å². The van der Waals surface area contributed by atoms with E-state index in [1.807, 2.05) is 0 Å². The summed E-state index contributed by atoms with van der Waals surface area (Å²) in [5.41, 5.74) is 4.30. The predicted molar refractivity (Wildman–Crippen MR) is 69.7 cm³/mol. The van der Waals surface area contributed by atoms with Crippen LogP contribution in [0.4, 0.5) is 0 Å². The Morgan fingerprint density at radius 2 is 1.76 bits per heavy atom. The van der Waals surface area contributed by atoms with Crippen LogP contribution >= 0.6 is 0 Å². The Morgan fingerprint density at radius 1 is 1.18 bits per heavy atom. The van der Waals surface area contributed by atoms with Gasteiger partial charge in [0.25, 0.3) is 0 Å². The van der Waals surface area contributed by atoms with Gasteiger partial charge in [0.05, 0.1) is 0 Å². The van der Waals surface area contributed by atoms with Gasteiger partial charge in [-0.3, -0.25) is 4.79 Å². The molecule has 2 aliphatic carbocycles. The van der Waals surface area contributed by atoms with Crippen molar-refractivity contribution in [3.8, 4) is 0 Å². The van der Waals surface area contributed by atoms with E-state index in [0.717, 1.165) is 31.6 Å². The van der Waals surface area contributed by atoms with Gasteiger partial charge in [0.1, 0.15) is 0 Å². The molecule has 0 heterocycles. The van der Waals surface area contributed by atoms with Crippen molar-refractivity contribution in [3.05, 3.63) is 0 Å². The quantitative estimate of drug-likeness (QED) is 0.735. The lowest BCUT2D eigenvalue weighted by Gasteiger charge is -2.34. The number of carbonyl (C=O) groups is 1. The Morgan fingerprint density at radius 3 is 2.24 bits per heavy atom. The van der Waals surface area contributed by atoms with Crippen LogP contribution in [0.2, 0.25) is 0 Å². The molecule has 0 radical (unpaired) electrons. The van der Waals surface area contributed by atoms with Crippen molar-refractivity contribution in [2.45, 2.75) is 59.3 Å². The molecule has 0 unspecified atom stereocenters. The Balaban J connectivity index is 1.78. The van der Waals surface area contributed by atoms with Crippen molar-refractivity contribution >= 4 is 11.6 Å². The molecule has 2 fully saturated rings. The Bertz CT molecular complexity index is 314. The van der Waals surface area contributed by atoms with Crippen molar-refractivity contribution in [1.29, 1.82) is 0 Å². The maximum atomic E-state index is 11.5. The van der Waals surface area contributed by atoms with E-state index in [1.165, 1.54) is 18.6 Å². The molecule has 3 nitrogen and oxygen atoms in total. The molecule has 17 heavy (non-hydrogen) atoms. The summed E-state index contributed by atoms with van der Waals surface area (Å²) in [6.45, 7) is 6.94. The minimum Gasteiger partial charge on any atom is -0.273 e. The van der Waals surface area contributed by atoms with Crippen LogP contribution in [0.5, 0.6) is 0 Å². The van der Waals surface area contributed by atoms with Gasteiger partial charge < -0.3 is 0 Å². The largest absolute Gasteiger partial charge is 0.273 e. The maximum absolute atomic E-state index is 11.5. The summed E-state index contributed by atoms with van der Waals surface area (Å²) in [7, 11) is 0. The molecular formula is C14H24N2O. The molecule has 2 saturated carbocycles. The fraction of sp³-hybridized carbons (Fsp3) is 0.857. The lowest BCUT2D eigenvalue weighted by atomic mass is 9.72. The lowest BCUT2D eigenvalue weighted by molar-refractivity contribution is -0.122. The summed E-state index contributed by atoms with van der Waals surface area (Å²) in [6, 6.07) is 0. The Kier molecular flexibility index (Phi) is 3.55. The second-order valence-electron chi connectivity index (χ2n) is 6.57. The zero-order valence-electron chi connectivity index (χ0n) is 11.3. The standard InChI is InChI=1S/C14H24N2O/c1-14(2,3)11-6-8-12(9-7-11)15-16-13(17)10-4-5-10/h10-11H,4-9H2,1-3H3,(H,16,17). The number of amides is 1. The molecule has 2 aliphatic rings. The van der Waals surface area contributed by atoms with Gasteiger partial charge in [0.2, 0.25) is 5.91 Å². The zero-order valence-corrected chi connectivity index (χ0v) is 11.3. The molecule has 0 aromatic rings. The minimum absolute atomic E-state index is 0.121. The van der Waals surface area contributed by atoms with E-state index >= 15 is 0 Å². The Labute approximate surface area is 104 Å². The molecule has 0 aromatic heterocycles. The van der Waals surface area contributed by atoms with Crippen molar-refractivity contribution in [2.24, 2.45) is 22.4 Å². The molecule has 3 heteroatoms. The highest BCUT2D eigenvalue weighted by Gasteiger charge is 2.30. The second-order valence-corrected chi connectivity index (χ2v) is 6.57. The summed E-state index contributed by atoms with van der Waals surface area (Å²) in [4.78, 5) is 11.5. The summed E-state index contributed by atoms with van der Waals surface area (Å²) in [5, 5.41) is 4.28. The molecular weight excluding hydrogens is 212 g/mol. The molecule has 2 rings (SSSR count). The number of hydrazone groups is 1. The highest BCUT2D eigenvalue weighted by atomic mass is 16.2. The van der Waals surface area contributed by atoms with E-state index in [0.29, 0.717) is 5.41 Å². The molecule has 0 spiro atoms. The summed E-state index contributed by atoms with van der Waals surface area (Å²) in [5.74, 6) is 1.17. The maximum Gasteiger partial charge on any atom is 0.243 e. The van der Waals surface area contributed by atoms with Crippen LogP contribution in [-0.2, 0) is 4.79 Å². The highest BCUT2D eigenvalue weighted by Crippen LogP contribution is 2.36. The van der Waals surface area contributed by atoms with Crippen molar-refractivity contribution in [1.82, 2.24) is 5.43 Å². The predicted octanol–water partition coefficient (Wildman–Crippen LogP) is 3.10. The van der Waals surface area contributed by atoms with Crippen LogP contribution in [0.3, 0.4) is 0 Å². The first-order valence-electron chi connectivity index (χ1n) is 6.82. The van der Waals surface area contributed by atoms with Gasteiger partial charge in [-0.15, -0.1) is 0 Å². The van der Waals surface area contributed by atoms with Crippen LogP contribution in [0.15, 0.2) is 5.10 Å². The molecule has 0 aromatic carbocycles. The van der Waals surface area contributed by atoms with Crippen molar-refractivity contribution in [2.75, 3.05) is 0 Å². The van der Waals surface area contributed by atoms with Crippen LogP contribution < -0.4 is 5.43 Å².